The number of hydrogen-bond acceptors (Lipinski definition) is 2. The molecule has 0 spiro atoms. The van der Waals surface area contributed by atoms with Crippen molar-refractivity contribution in [1.82, 2.24) is 4.98 Å². The monoisotopic (exact) mass is 300 g/mol. The van der Waals surface area contributed by atoms with E-state index < -0.39 is 0 Å². The average molecular weight is 302 g/mol. The van der Waals surface area contributed by atoms with E-state index in [0.717, 1.165) is 10.2 Å². The molecule has 0 unspecified atom stereocenters. The minimum absolute atomic E-state index is 0.352. The number of aromatic nitrogens is 1. The van der Waals surface area contributed by atoms with Crippen LogP contribution >= 0.6 is 27.5 Å². The Balaban J connectivity index is 2.27. The fourth-order valence-electron chi connectivity index (χ4n) is 1.27. The van der Waals surface area contributed by atoms with E-state index in [4.69, 9.17) is 11.6 Å². The molecule has 0 amide bonds. The van der Waals surface area contributed by atoms with Crippen molar-refractivity contribution in [2.45, 2.75) is 0 Å². The summed E-state index contributed by atoms with van der Waals surface area (Å²) in [5.74, 6) is -0.377. The highest BCUT2D eigenvalue weighted by Crippen LogP contribution is 2.23. The van der Waals surface area contributed by atoms with E-state index in [0.29, 0.717) is 10.7 Å². The molecule has 1 aromatic heterocycles. The second kappa shape index (κ2) is 4.80. The van der Waals surface area contributed by atoms with Crippen LogP contribution in [0.25, 0.3) is 0 Å². The van der Waals surface area contributed by atoms with Crippen LogP contribution in [0.5, 0.6) is 0 Å². The zero-order chi connectivity index (χ0) is 11.5. The van der Waals surface area contributed by atoms with Crippen molar-refractivity contribution >= 4 is 38.9 Å². The SMILES string of the molecule is Fc1cc(Cl)cc(Nc2cncc(Br)c2)c1. The molecule has 1 heterocycles. The predicted molar refractivity (Wildman–Crippen MR) is 66.6 cm³/mol. The Hall–Kier alpha value is -1.13. The normalized spacial score (nSPS) is 10.2. The van der Waals surface area contributed by atoms with Gasteiger partial charge >= 0.3 is 0 Å². The van der Waals surface area contributed by atoms with Crippen molar-refractivity contribution < 1.29 is 4.39 Å². The van der Waals surface area contributed by atoms with Gasteiger partial charge in [0.05, 0.1) is 11.9 Å². The average Bonchev–Trinajstić information content (AvgIpc) is 2.15. The zero-order valence-corrected chi connectivity index (χ0v) is 10.4. The van der Waals surface area contributed by atoms with Gasteiger partial charge < -0.3 is 5.32 Å². The van der Waals surface area contributed by atoms with Gasteiger partial charge in [-0.1, -0.05) is 11.6 Å². The van der Waals surface area contributed by atoms with Gasteiger partial charge in [-0.15, -0.1) is 0 Å². The van der Waals surface area contributed by atoms with Gasteiger partial charge in [0, 0.05) is 21.4 Å². The minimum atomic E-state index is -0.377. The number of pyridine rings is 1. The van der Waals surface area contributed by atoms with E-state index >= 15 is 0 Å². The van der Waals surface area contributed by atoms with Crippen molar-refractivity contribution in [1.29, 1.82) is 0 Å². The highest BCUT2D eigenvalue weighted by molar-refractivity contribution is 9.10. The molecule has 0 saturated carbocycles. The number of hydrogen-bond donors (Lipinski definition) is 1. The van der Waals surface area contributed by atoms with Crippen LogP contribution in [-0.2, 0) is 0 Å². The Labute approximate surface area is 106 Å². The third-order valence-electron chi connectivity index (χ3n) is 1.86. The summed E-state index contributed by atoms with van der Waals surface area (Å²) in [5.41, 5.74) is 1.35. The molecule has 0 aliphatic rings. The van der Waals surface area contributed by atoms with Crippen LogP contribution in [0.15, 0.2) is 41.1 Å². The number of halogens is 3. The Kier molecular flexibility index (Phi) is 3.41. The molecule has 0 bridgehead atoms. The predicted octanol–water partition coefficient (Wildman–Crippen LogP) is 4.38. The maximum absolute atomic E-state index is 13.1. The number of rotatable bonds is 2. The van der Waals surface area contributed by atoms with Crippen molar-refractivity contribution in [2.75, 3.05) is 5.32 Å². The Morgan fingerprint density at radius 2 is 1.94 bits per heavy atom. The molecule has 16 heavy (non-hydrogen) atoms. The van der Waals surface area contributed by atoms with Crippen LogP contribution in [0.3, 0.4) is 0 Å². The van der Waals surface area contributed by atoms with E-state index in [1.165, 1.54) is 12.1 Å². The highest BCUT2D eigenvalue weighted by Gasteiger charge is 2.00. The standard InChI is InChI=1S/C11H7BrClFN2/c12-7-1-11(6-15-5-7)16-10-3-8(13)2-9(14)4-10/h1-6,16H. The fraction of sp³-hybridized carbons (Fsp3) is 0. The molecule has 1 aromatic carbocycles. The first-order valence-electron chi connectivity index (χ1n) is 4.47. The van der Waals surface area contributed by atoms with Crippen LogP contribution in [-0.4, -0.2) is 4.98 Å². The molecule has 2 nitrogen and oxygen atoms in total. The summed E-state index contributed by atoms with van der Waals surface area (Å²) in [6.45, 7) is 0. The van der Waals surface area contributed by atoms with Gasteiger partial charge in [-0.05, 0) is 40.2 Å². The van der Waals surface area contributed by atoms with Crippen LogP contribution in [0.4, 0.5) is 15.8 Å². The van der Waals surface area contributed by atoms with Crippen LogP contribution in [0, 0.1) is 5.82 Å². The Morgan fingerprint density at radius 3 is 2.62 bits per heavy atom. The summed E-state index contributed by atoms with van der Waals surface area (Å²) >= 11 is 9.04. The smallest absolute Gasteiger partial charge is 0.126 e. The third kappa shape index (κ3) is 2.93. The minimum Gasteiger partial charge on any atom is -0.354 e. The van der Waals surface area contributed by atoms with Gasteiger partial charge in [-0.3, -0.25) is 4.98 Å². The van der Waals surface area contributed by atoms with Gasteiger partial charge in [0.15, 0.2) is 0 Å². The van der Waals surface area contributed by atoms with E-state index in [1.54, 1.807) is 18.5 Å². The second-order valence-corrected chi connectivity index (χ2v) is 4.53. The first-order chi connectivity index (χ1) is 7.63. The van der Waals surface area contributed by atoms with E-state index in [9.17, 15) is 4.39 Å². The lowest BCUT2D eigenvalue weighted by Crippen LogP contribution is -1.92. The molecular weight excluding hydrogens is 294 g/mol. The summed E-state index contributed by atoms with van der Waals surface area (Å²) < 4.78 is 13.9. The second-order valence-electron chi connectivity index (χ2n) is 3.17. The third-order valence-corrected chi connectivity index (χ3v) is 2.51. The van der Waals surface area contributed by atoms with Gasteiger partial charge in [-0.25, -0.2) is 4.39 Å². The Morgan fingerprint density at radius 1 is 1.12 bits per heavy atom. The molecule has 2 aromatic rings. The fourth-order valence-corrected chi connectivity index (χ4v) is 1.86. The van der Waals surface area contributed by atoms with Crippen molar-refractivity contribution in [3.05, 3.63) is 52.0 Å². The topological polar surface area (TPSA) is 24.9 Å². The summed E-state index contributed by atoms with van der Waals surface area (Å²) in [7, 11) is 0. The van der Waals surface area contributed by atoms with Gasteiger partial charge in [0.1, 0.15) is 5.82 Å². The molecule has 0 radical (unpaired) electrons. The first-order valence-corrected chi connectivity index (χ1v) is 5.64. The number of nitrogens with zero attached hydrogens (tertiary/aromatic N) is 1. The molecule has 5 heteroatoms. The molecule has 0 fully saturated rings. The van der Waals surface area contributed by atoms with Crippen LogP contribution in [0.1, 0.15) is 0 Å². The molecule has 82 valence electrons. The maximum atomic E-state index is 13.1. The summed E-state index contributed by atoms with van der Waals surface area (Å²) in [5, 5.41) is 3.36. The van der Waals surface area contributed by atoms with Crippen LogP contribution < -0.4 is 5.32 Å². The molecule has 1 N–H and O–H groups in total. The first kappa shape index (κ1) is 11.4. The van der Waals surface area contributed by atoms with E-state index in [1.807, 2.05) is 6.07 Å². The summed E-state index contributed by atoms with van der Waals surface area (Å²) in [6.07, 6.45) is 3.31. The van der Waals surface area contributed by atoms with Crippen molar-refractivity contribution in [3.63, 3.8) is 0 Å². The van der Waals surface area contributed by atoms with Crippen molar-refractivity contribution in [3.8, 4) is 0 Å². The highest BCUT2D eigenvalue weighted by atomic mass is 79.9. The Bertz CT molecular complexity index is 499. The molecule has 0 aliphatic heterocycles. The lowest BCUT2D eigenvalue weighted by atomic mass is 10.3. The molecule has 2 rings (SSSR count). The van der Waals surface area contributed by atoms with E-state index in [-0.39, 0.29) is 5.82 Å². The molecular formula is C11H7BrClFN2. The zero-order valence-electron chi connectivity index (χ0n) is 8.05. The molecule has 0 saturated heterocycles. The van der Waals surface area contributed by atoms with Crippen molar-refractivity contribution in [2.24, 2.45) is 0 Å². The number of nitrogens with one attached hydrogen (secondary N) is 1. The lowest BCUT2D eigenvalue weighted by molar-refractivity contribution is 0.628. The number of benzene rings is 1. The van der Waals surface area contributed by atoms with Gasteiger partial charge in [-0.2, -0.15) is 0 Å². The van der Waals surface area contributed by atoms with Gasteiger partial charge in [0.2, 0.25) is 0 Å². The number of anilines is 2. The lowest BCUT2D eigenvalue weighted by Gasteiger charge is -2.06. The molecule has 0 atom stereocenters. The van der Waals surface area contributed by atoms with E-state index in [2.05, 4.69) is 26.2 Å². The quantitative estimate of drug-likeness (QED) is 0.890. The van der Waals surface area contributed by atoms with Gasteiger partial charge in [0.25, 0.3) is 0 Å². The summed E-state index contributed by atoms with van der Waals surface area (Å²) in [6, 6.07) is 6.11. The molecule has 0 aliphatic carbocycles. The maximum Gasteiger partial charge on any atom is 0.126 e. The largest absolute Gasteiger partial charge is 0.354 e. The summed E-state index contributed by atoms with van der Waals surface area (Å²) in [4.78, 5) is 3.99. The van der Waals surface area contributed by atoms with Crippen LogP contribution in [0.2, 0.25) is 5.02 Å².